The van der Waals surface area contributed by atoms with Crippen molar-refractivity contribution >= 4 is 22.8 Å². The summed E-state index contributed by atoms with van der Waals surface area (Å²) < 4.78 is 21.1. The van der Waals surface area contributed by atoms with Gasteiger partial charge in [0.25, 0.3) is 5.56 Å². The number of nitrogens with zero attached hydrogens (tertiary/aromatic N) is 4. The molecule has 0 atom stereocenters. The molecule has 0 fully saturated rings. The SMILES string of the molecule is CN(C)c1ccc(C=Nn2c(-c3ccccc3)nc3ccccc3c2=O)c(OCc2cccc(F)c2)c1. The molecule has 0 radical (unpaired) electrons. The van der Waals surface area contributed by atoms with Crippen LogP contribution in [0, 0.1) is 5.82 Å². The summed E-state index contributed by atoms with van der Waals surface area (Å²) in [7, 11) is 3.87. The predicted octanol–water partition coefficient (Wildman–Crippen LogP) is 5.73. The predicted molar refractivity (Wildman–Crippen MR) is 146 cm³/mol. The highest BCUT2D eigenvalue weighted by Gasteiger charge is 2.13. The Labute approximate surface area is 213 Å². The van der Waals surface area contributed by atoms with E-state index < -0.39 is 0 Å². The molecule has 0 unspecified atom stereocenters. The summed E-state index contributed by atoms with van der Waals surface area (Å²) >= 11 is 0. The first-order valence-electron chi connectivity index (χ1n) is 11.8. The molecule has 37 heavy (non-hydrogen) atoms. The van der Waals surface area contributed by atoms with Gasteiger partial charge in [0.15, 0.2) is 5.82 Å². The maximum Gasteiger partial charge on any atom is 0.282 e. The number of halogens is 1. The third-order valence-electron chi connectivity index (χ3n) is 5.89. The van der Waals surface area contributed by atoms with Crippen LogP contribution in [0.25, 0.3) is 22.3 Å². The van der Waals surface area contributed by atoms with Crippen molar-refractivity contribution < 1.29 is 9.13 Å². The molecule has 184 valence electrons. The van der Waals surface area contributed by atoms with E-state index in [-0.39, 0.29) is 18.0 Å². The third kappa shape index (κ3) is 5.26. The highest BCUT2D eigenvalue weighted by molar-refractivity contribution is 5.85. The van der Waals surface area contributed by atoms with E-state index >= 15 is 0 Å². The average Bonchev–Trinajstić information content (AvgIpc) is 2.92. The van der Waals surface area contributed by atoms with Gasteiger partial charge in [0, 0.05) is 37.0 Å². The van der Waals surface area contributed by atoms with Gasteiger partial charge in [-0.25, -0.2) is 9.37 Å². The van der Waals surface area contributed by atoms with Crippen LogP contribution in [0.5, 0.6) is 5.75 Å². The fourth-order valence-electron chi connectivity index (χ4n) is 3.95. The lowest BCUT2D eigenvalue weighted by atomic mass is 10.1. The number of ether oxygens (including phenoxy) is 1. The normalized spacial score (nSPS) is 11.2. The van der Waals surface area contributed by atoms with Gasteiger partial charge >= 0.3 is 0 Å². The van der Waals surface area contributed by atoms with Crippen molar-refractivity contribution in [2.45, 2.75) is 6.61 Å². The van der Waals surface area contributed by atoms with Crippen molar-refractivity contribution in [2.24, 2.45) is 5.10 Å². The van der Waals surface area contributed by atoms with Gasteiger partial charge in [-0.05, 0) is 42.0 Å². The minimum atomic E-state index is -0.318. The van der Waals surface area contributed by atoms with Crippen LogP contribution in [0.2, 0.25) is 0 Å². The molecule has 5 rings (SSSR count). The first-order chi connectivity index (χ1) is 18.0. The molecule has 4 aromatic carbocycles. The van der Waals surface area contributed by atoms with Crippen LogP contribution in [0.4, 0.5) is 10.1 Å². The Morgan fingerprint density at radius 2 is 1.73 bits per heavy atom. The van der Waals surface area contributed by atoms with Crippen LogP contribution < -0.4 is 15.2 Å². The number of anilines is 1. The summed E-state index contributed by atoms with van der Waals surface area (Å²) in [4.78, 5) is 20.1. The molecule has 5 aromatic rings. The summed E-state index contributed by atoms with van der Waals surface area (Å²) in [5.41, 5.74) is 3.41. The molecule has 0 aliphatic carbocycles. The van der Waals surface area contributed by atoms with Crippen molar-refractivity contribution in [1.29, 1.82) is 0 Å². The van der Waals surface area contributed by atoms with Crippen LogP contribution in [-0.4, -0.2) is 30.0 Å². The highest BCUT2D eigenvalue weighted by Crippen LogP contribution is 2.25. The van der Waals surface area contributed by atoms with Crippen molar-refractivity contribution in [2.75, 3.05) is 19.0 Å². The number of hydrogen-bond donors (Lipinski definition) is 0. The lowest BCUT2D eigenvalue weighted by Gasteiger charge is -2.16. The maximum atomic E-state index is 13.7. The third-order valence-corrected chi connectivity index (χ3v) is 5.89. The van der Waals surface area contributed by atoms with Crippen LogP contribution in [0.15, 0.2) is 107 Å². The van der Waals surface area contributed by atoms with E-state index in [0.717, 1.165) is 11.3 Å². The number of benzene rings is 4. The largest absolute Gasteiger partial charge is 0.488 e. The molecule has 0 aliphatic rings. The summed E-state index contributed by atoms with van der Waals surface area (Å²) in [6, 6.07) is 28.7. The standard InChI is InChI=1S/C30H25FN4O2/c1-34(2)25-16-15-23(28(18-25)37-20-21-9-8-12-24(31)17-21)19-32-35-29(22-10-4-3-5-11-22)33-27-14-7-6-13-26(27)30(35)36/h3-19H,20H2,1-2H3. The van der Waals surface area contributed by atoms with Crippen LogP contribution in [-0.2, 0) is 6.61 Å². The quantitative estimate of drug-likeness (QED) is 0.272. The maximum absolute atomic E-state index is 13.7. The molecular formula is C30H25FN4O2. The van der Waals surface area contributed by atoms with Gasteiger partial charge in [0.1, 0.15) is 18.2 Å². The summed E-state index contributed by atoms with van der Waals surface area (Å²) in [5.74, 6) is 0.677. The Hall–Kier alpha value is -4.78. The molecule has 7 heteroatoms. The molecule has 0 aliphatic heterocycles. The van der Waals surface area contributed by atoms with Gasteiger partial charge in [0.05, 0.1) is 17.1 Å². The van der Waals surface area contributed by atoms with Crippen LogP contribution >= 0.6 is 0 Å². The monoisotopic (exact) mass is 492 g/mol. The minimum Gasteiger partial charge on any atom is -0.488 e. The zero-order valence-electron chi connectivity index (χ0n) is 20.5. The second kappa shape index (κ2) is 10.5. The molecule has 6 nitrogen and oxygen atoms in total. The fourth-order valence-corrected chi connectivity index (χ4v) is 3.95. The molecule has 0 spiro atoms. The molecule has 0 saturated heterocycles. The smallest absolute Gasteiger partial charge is 0.282 e. The minimum absolute atomic E-state index is 0.183. The van der Waals surface area contributed by atoms with Crippen molar-refractivity contribution in [3.05, 3.63) is 124 Å². The Bertz CT molecular complexity index is 1650. The van der Waals surface area contributed by atoms with E-state index in [9.17, 15) is 9.18 Å². The Balaban J connectivity index is 1.58. The fraction of sp³-hybridized carbons (Fsp3) is 0.100. The summed E-state index contributed by atoms with van der Waals surface area (Å²) in [6.45, 7) is 0.183. The number of fused-ring (bicyclic) bond motifs is 1. The number of para-hydroxylation sites is 1. The first-order valence-corrected chi connectivity index (χ1v) is 11.8. The molecule has 0 bridgehead atoms. The lowest BCUT2D eigenvalue weighted by molar-refractivity contribution is 0.305. The molecule has 1 heterocycles. The van der Waals surface area contributed by atoms with Crippen molar-refractivity contribution in [3.63, 3.8) is 0 Å². The van der Waals surface area contributed by atoms with Gasteiger partial charge in [-0.1, -0.05) is 54.6 Å². The number of hydrogen-bond acceptors (Lipinski definition) is 5. The van der Waals surface area contributed by atoms with E-state index in [4.69, 9.17) is 9.72 Å². The van der Waals surface area contributed by atoms with Gasteiger partial charge in [-0.3, -0.25) is 4.79 Å². The van der Waals surface area contributed by atoms with Crippen LogP contribution in [0.3, 0.4) is 0 Å². The second-order valence-corrected chi connectivity index (χ2v) is 8.72. The molecule has 0 saturated carbocycles. The van der Waals surface area contributed by atoms with Crippen molar-refractivity contribution in [1.82, 2.24) is 9.66 Å². The Morgan fingerprint density at radius 3 is 2.51 bits per heavy atom. The Kier molecular flexibility index (Phi) is 6.76. The number of aromatic nitrogens is 2. The van der Waals surface area contributed by atoms with Gasteiger partial charge < -0.3 is 9.64 Å². The van der Waals surface area contributed by atoms with Gasteiger partial charge in [0.2, 0.25) is 0 Å². The zero-order chi connectivity index (χ0) is 25.8. The van der Waals surface area contributed by atoms with E-state index in [2.05, 4.69) is 5.10 Å². The molecule has 0 amide bonds. The molecular weight excluding hydrogens is 467 g/mol. The average molecular weight is 493 g/mol. The summed E-state index contributed by atoms with van der Waals surface area (Å²) in [5, 5.41) is 5.05. The topological polar surface area (TPSA) is 59.7 Å². The van der Waals surface area contributed by atoms with E-state index in [1.54, 1.807) is 30.5 Å². The van der Waals surface area contributed by atoms with E-state index in [1.807, 2.05) is 79.7 Å². The van der Waals surface area contributed by atoms with Crippen LogP contribution in [0.1, 0.15) is 11.1 Å². The van der Waals surface area contributed by atoms with E-state index in [1.165, 1.54) is 16.8 Å². The molecule has 1 aromatic heterocycles. The first kappa shape index (κ1) is 23.9. The van der Waals surface area contributed by atoms with E-state index in [0.29, 0.717) is 33.6 Å². The highest BCUT2D eigenvalue weighted by atomic mass is 19.1. The Morgan fingerprint density at radius 1 is 0.946 bits per heavy atom. The van der Waals surface area contributed by atoms with Gasteiger partial charge in [-0.15, -0.1) is 0 Å². The zero-order valence-corrected chi connectivity index (χ0v) is 20.5. The second-order valence-electron chi connectivity index (χ2n) is 8.72. The number of rotatable bonds is 7. The van der Waals surface area contributed by atoms with Crippen molar-refractivity contribution in [3.8, 4) is 17.1 Å². The van der Waals surface area contributed by atoms with Gasteiger partial charge in [-0.2, -0.15) is 9.78 Å². The molecule has 0 N–H and O–H groups in total. The lowest BCUT2D eigenvalue weighted by Crippen LogP contribution is -2.20. The summed E-state index contributed by atoms with van der Waals surface area (Å²) in [6.07, 6.45) is 1.59.